The number of furan rings is 1. The third-order valence-corrected chi connectivity index (χ3v) is 4.68. The van der Waals surface area contributed by atoms with Crippen molar-refractivity contribution in [3.05, 3.63) is 29.7 Å². The molecule has 1 saturated heterocycles. The van der Waals surface area contributed by atoms with Crippen molar-refractivity contribution in [1.29, 1.82) is 0 Å². The summed E-state index contributed by atoms with van der Waals surface area (Å²) in [5, 5.41) is 5.87. The van der Waals surface area contributed by atoms with E-state index >= 15 is 0 Å². The van der Waals surface area contributed by atoms with Crippen LogP contribution in [0.1, 0.15) is 23.3 Å². The molecule has 0 aliphatic carbocycles. The molecule has 8 heteroatoms. The Hall–Kier alpha value is -1.08. The second-order valence-corrected chi connectivity index (χ2v) is 6.23. The van der Waals surface area contributed by atoms with Crippen molar-refractivity contribution in [2.45, 2.75) is 12.8 Å². The Balaban J connectivity index is 0.00000132. The molecule has 1 N–H and O–H groups in total. The maximum Gasteiger partial charge on any atom is 0.273 e. The fraction of sp³-hybridized carbons (Fsp3) is 0.467. The molecule has 23 heavy (non-hydrogen) atoms. The molecule has 1 amide bonds. The number of rotatable bonds is 4. The molecule has 2 aromatic heterocycles. The number of halogens is 2. The van der Waals surface area contributed by atoms with Crippen LogP contribution in [0.3, 0.4) is 0 Å². The van der Waals surface area contributed by atoms with Crippen LogP contribution in [-0.2, 0) is 0 Å². The number of aromatic nitrogens is 1. The van der Waals surface area contributed by atoms with Crippen molar-refractivity contribution in [1.82, 2.24) is 15.2 Å². The van der Waals surface area contributed by atoms with Crippen molar-refractivity contribution < 1.29 is 9.21 Å². The number of carbonyl (C=O) groups is 1. The van der Waals surface area contributed by atoms with Crippen LogP contribution < -0.4 is 5.32 Å². The molecule has 0 radical (unpaired) electrons. The largest absolute Gasteiger partial charge is 0.472 e. The third-order valence-electron chi connectivity index (χ3n) is 3.79. The molecule has 3 rings (SSSR count). The van der Waals surface area contributed by atoms with Gasteiger partial charge >= 0.3 is 0 Å². The molecule has 1 atom stereocenters. The smallest absolute Gasteiger partial charge is 0.273 e. The SMILES string of the molecule is CNCC1CCCN(C(=O)c2csc(-c3ccoc3)n2)C1.Cl.Cl. The first-order valence-electron chi connectivity index (χ1n) is 7.20. The van der Waals surface area contributed by atoms with Gasteiger partial charge in [-0.05, 0) is 38.4 Å². The highest BCUT2D eigenvalue weighted by Crippen LogP contribution is 2.25. The lowest BCUT2D eigenvalue weighted by Crippen LogP contribution is -2.42. The Labute approximate surface area is 152 Å². The van der Waals surface area contributed by atoms with Gasteiger partial charge < -0.3 is 14.6 Å². The van der Waals surface area contributed by atoms with Gasteiger partial charge in [-0.1, -0.05) is 0 Å². The zero-order valence-corrected chi connectivity index (χ0v) is 15.3. The summed E-state index contributed by atoms with van der Waals surface area (Å²) in [6.45, 7) is 2.61. The molecule has 1 unspecified atom stereocenters. The van der Waals surface area contributed by atoms with E-state index < -0.39 is 0 Å². The van der Waals surface area contributed by atoms with E-state index in [2.05, 4.69) is 10.3 Å². The minimum atomic E-state index is 0. The van der Waals surface area contributed by atoms with Gasteiger partial charge in [0.15, 0.2) is 0 Å². The van der Waals surface area contributed by atoms with Gasteiger partial charge in [-0.2, -0.15) is 0 Å². The Morgan fingerprint density at radius 2 is 2.35 bits per heavy atom. The standard InChI is InChI=1S/C15H19N3O2S.2ClH/c1-16-7-11-3-2-5-18(8-11)15(19)13-10-21-14(17-13)12-4-6-20-9-12;;/h4,6,9-11,16H,2-3,5,7-8H2,1H3;2*1H. The van der Waals surface area contributed by atoms with E-state index in [4.69, 9.17) is 4.42 Å². The predicted octanol–water partition coefficient (Wildman–Crippen LogP) is 3.32. The summed E-state index contributed by atoms with van der Waals surface area (Å²) in [5.41, 5.74) is 1.46. The van der Waals surface area contributed by atoms with Crippen LogP contribution in [0.4, 0.5) is 0 Å². The second-order valence-electron chi connectivity index (χ2n) is 5.37. The van der Waals surface area contributed by atoms with Crippen LogP contribution in [0.15, 0.2) is 28.4 Å². The van der Waals surface area contributed by atoms with Crippen LogP contribution in [0, 0.1) is 5.92 Å². The number of piperidine rings is 1. The van der Waals surface area contributed by atoms with Crippen LogP contribution in [-0.4, -0.2) is 42.5 Å². The average Bonchev–Trinajstić information content (AvgIpc) is 3.18. The predicted molar refractivity (Wildman–Crippen MR) is 96.9 cm³/mol. The molecule has 2 aromatic rings. The molecule has 0 saturated carbocycles. The lowest BCUT2D eigenvalue weighted by atomic mass is 9.98. The summed E-state index contributed by atoms with van der Waals surface area (Å²) in [6, 6.07) is 1.86. The molecule has 0 spiro atoms. The van der Waals surface area contributed by atoms with Gasteiger partial charge in [-0.3, -0.25) is 4.79 Å². The highest BCUT2D eigenvalue weighted by atomic mass is 35.5. The summed E-state index contributed by atoms with van der Waals surface area (Å²) in [7, 11) is 1.96. The number of hydrogen-bond acceptors (Lipinski definition) is 5. The van der Waals surface area contributed by atoms with Gasteiger partial charge in [0.1, 0.15) is 17.0 Å². The molecule has 5 nitrogen and oxygen atoms in total. The zero-order chi connectivity index (χ0) is 14.7. The second kappa shape index (κ2) is 9.27. The summed E-state index contributed by atoms with van der Waals surface area (Å²) >= 11 is 1.48. The number of hydrogen-bond donors (Lipinski definition) is 1. The number of nitrogens with zero attached hydrogens (tertiary/aromatic N) is 2. The molecule has 3 heterocycles. The topological polar surface area (TPSA) is 58.4 Å². The van der Waals surface area contributed by atoms with E-state index in [0.717, 1.165) is 36.6 Å². The van der Waals surface area contributed by atoms with Crippen LogP contribution in [0.5, 0.6) is 0 Å². The molecule has 1 aliphatic rings. The van der Waals surface area contributed by atoms with E-state index in [-0.39, 0.29) is 30.7 Å². The fourth-order valence-corrected chi connectivity index (χ4v) is 3.54. The number of amides is 1. The fourth-order valence-electron chi connectivity index (χ4n) is 2.76. The Bertz CT molecular complexity index is 602. The highest BCUT2D eigenvalue weighted by Gasteiger charge is 2.25. The van der Waals surface area contributed by atoms with Crippen LogP contribution in [0.2, 0.25) is 0 Å². The van der Waals surface area contributed by atoms with Gasteiger partial charge in [-0.25, -0.2) is 4.98 Å². The van der Waals surface area contributed by atoms with Crippen molar-refractivity contribution in [2.75, 3.05) is 26.7 Å². The van der Waals surface area contributed by atoms with Crippen LogP contribution in [0.25, 0.3) is 10.6 Å². The van der Waals surface area contributed by atoms with Gasteiger partial charge in [0.05, 0.1) is 6.26 Å². The zero-order valence-electron chi connectivity index (χ0n) is 12.9. The maximum atomic E-state index is 12.6. The number of likely N-dealkylation sites (tertiary alicyclic amines) is 1. The number of carbonyl (C=O) groups excluding carboxylic acids is 1. The van der Waals surface area contributed by atoms with Crippen molar-refractivity contribution >= 4 is 42.1 Å². The molecular weight excluding hydrogens is 357 g/mol. The van der Waals surface area contributed by atoms with Crippen molar-refractivity contribution in [3.63, 3.8) is 0 Å². The highest BCUT2D eigenvalue weighted by molar-refractivity contribution is 7.13. The normalized spacial score (nSPS) is 17.3. The van der Waals surface area contributed by atoms with Crippen molar-refractivity contribution in [2.24, 2.45) is 5.92 Å². The minimum absolute atomic E-state index is 0. The Morgan fingerprint density at radius 1 is 1.52 bits per heavy atom. The first-order chi connectivity index (χ1) is 10.3. The van der Waals surface area contributed by atoms with E-state index in [1.54, 1.807) is 12.5 Å². The lowest BCUT2D eigenvalue weighted by Gasteiger charge is -2.32. The molecule has 128 valence electrons. The molecular formula is C15H21Cl2N3O2S. The molecule has 1 fully saturated rings. The molecule has 0 aromatic carbocycles. The van der Waals surface area contributed by atoms with Crippen LogP contribution >= 0.6 is 36.2 Å². The monoisotopic (exact) mass is 377 g/mol. The van der Waals surface area contributed by atoms with E-state index in [0.29, 0.717) is 11.6 Å². The lowest BCUT2D eigenvalue weighted by molar-refractivity contribution is 0.0669. The summed E-state index contributed by atoms with van der Waals surface area (Å²) in [6.07, 6.45) is 5.51. The Kier molecular flexibility index (Phi) is 8.05. The number of nitrogens with one attached hydrogen (secondary N) is 1. The van der Waals surface area contributed by atoms with Gasteiger partial charge in [0.25, 0.3) is 5.91 Å². The number of thiazole rings is 1. The first kappa shape index (κ1) is 20.0. The minimum Gasteiger partial charge on any atom is -0.472 e. The van der Waals surface area contributed by atoms with Crippen molar-refractivity contribution in [3.8, 4) is 10.6 Å². The van der Waals surface area contributed by atoms with Gasteiger partial charge in [-0.15, -0.1) is 36.2 Å². The van der Waals surface area contributed by atoms with E-state index in [1.807, 2.05) is 23.4 Å². The van der Waals surface area contributed by atoms with E-state index in [1.165, 1.54) is 17.8 Å². The maximum absolute atomic E-state index is 12.6. The quantitative estimate of drug-likeness (QED) is 0.887. The van der Waals surface area contributed by atoms with E-state index in [9.17, 15) is 4.79 Å². The first-order valence-corrected chi connectivity index (χ1v) is 8.08. The third kappa shape index (κ3) is 4.70. The van der Waals surface area contributed by atoms with Gasteiger partial charge in [0.2, 0.25) is 0 Å². The molecule has 0 bridgehead atoms. The average molecular weight is 378 g/mol. The summed E-state index contributed by atoms with van der Waals surface area (Å²) in [5.74, 6) is 0.585. The summed E-state index contributed by atoms with van der Waals surface area (Å²) < 4.78 is 5.06. The van der Waals surface area contributed by atoms with Gasteiger partial charge in [0, 0.05) is 24.0 Å². The Morgan fingerprint density at radius 3 is 3.04 bits per heavy atom. The molecule has 1 aliphatic heterocycles. The summed E-state index contributed by atoms with van der Waals surface area (Å²) in [4.78, 5) is 18.9.